The second-order valence-corrected chi connectivity index (χ2v) is 31.7. The van der Waals surface area contributed by atoms with Crippen molar-refractivity contribution in [1.82, 2.24) is 39.9 Å². The molecule has 28 rings (SSSR count). The predicted molar refractivity (Wildman–Crippen MR) is 442 cm³/mol. The molecule has 0 N–H and O–H groups in total. The first kappa shape index (κ1) is 62.1. The number of hydrogen-bond acceptors (Lipinski definition) is 12. The van der Waals surface area contributed by atoms with Gasteiger partial charge < -0.3 is 4.90 Å². The van der Waals surface area contributed by atoms with E-state index >= 15 is 0 Å². The van der Waals surface area contributed by atoms with Crippen molar-refractivity contribution in [3.63, 3.8) is 0 Å². The number of nitrogens with zero attached hydrogens (tertiary/aromatic N) is 12. The summed E-state index contributed by atoms with van der Waals surface area (Å²) >= 11 is 0. The third-order valence-corrected chi connectivity index (χ3v) is 25.5. The second kappa shape index (κ2) is 23.8. The molecule has 0 atom stereocenters. The van der Waals surface area contributed by atoms with Crippen molar-refractivity contribution in [2.75, 3.05) is 19.6 Å². The molecule has 12 aliphatic rings. The van der Waals surface area contributed by atoms with Gasteiger partial charge in [-0.15, -0.1) is 0 Å². The lowest BCUT2D eigenvalue weighted by molar-refractivity contribution is 0.938. The average Bonchev–Trinajstić information content (AvgIpc) is 1.43. The van der Waals surface area contributed by atoms with E-state index in [0.29, 0.717) is 0 Å². The molecule has 0 saturated heterocycles. The Morgan fingerprint density at radius 3 is 0.929 bits per heavy atom. The van der Waals surface area contributed by atoms with E-state index in [1.165, 1.54) is 218 Å². The third-order valence-electron chi connectivity index (χ3n) is 25.5. The van der Waals surface area contributed by atoms with Crippen molar-refractivity contribution in [2.24, 2.45) is 0 Å². The van der Waals surface area contributed by atoms with E-state index < -0.39 is 0 Å². The molecular weight excluding hydrogens is 1370 g/mol. The van der Waals surface area contributed by atoms with E-state index in [0.717, 1.165) is 106 Å². The maximum atomic E-state index is 4.79. The van der Waals surface area contributed by atoms with Crippen LogP contribution in [0.2, 0.25) is 0 Å². The topological polar surface area (TPSA) is 116 Å². The molecule has 4 aliphatic carbocycles. The quantitative estimate of drug-likeness (QED) is 0.144. The van der Waals surface area contributed by atoms with E-state index in [1.807, 2.05) is 80.2 Å². The van der Waals surface area contributed by atoms with Crippen molar-refractivity contribution in [3.05, 3.63) is 402 Å². The summed E-state index contributed by atoms with van der Waals surface area (Å²) in [6.07, 6.45) is 31.0. The highest BCUT2D eigenvalue weighted by Gasteiger charge is 2.40. The maximum absolute atomic E-state index is 4.79. The van der Waals surface area contributed by atoms with Gasteiger partial charge in [-0.05, 0) is 248 Å². The zero-order valence-electron chi connectivity index (χ0n) is 61.3. The fourth-order valence-electron chi connectivity index (χ4n) is 20.7. The van der Waals surface area contributed by atoms with Crippen molar-refractivity contribution in [2.45, 2.75) is 77.0 Å². The van der Waals surface area contributed by atoms with Crippen molar-refractivity contribution < 1.29 is 0 Å². The van der Waals surface area contributed by atoms with E-state index in [2.05, 4.69) is 218 Å². The summed E-state index contributed by atoms with van der Waals surface area (Å²) in [4.78, 5) is 47.1. The monoisotopic (exact) mass is 1440 g/mol. The molecule has 528 valence electrons. The van der Waals surface area contributed by atoms with Crippen LogP contribution in [-0.4, -0.2) is 39.9 Å². The second-order valence-electron chi connectivity index (χ2n) is 31.7. The largest absolute Gasteiger partial charge is 0.306 e. The van der Waals surface area contributed by atoms with Crippen LogP contribution in [0.4, 0.5) is 68.6 Å². The summed E-state index contributed by atoms with van der Waals surface area (Å²) < 4.78 is 0. The highest BCUT2D eigenvalue weighted by molar-refractivity contribution is 5.97. The van der Waals surface area contributed by atoms with Gasteiger partial charge in [-0.1, -0.05) is 140 Å². The molecule has 0 amide bonds. The molecule has 8 aromatic heterocycles. The van der Waals surface area contributed by atoms with Gasteiger partial charge in [-0.25, -0.2) is 15.0 Å². The molecule has 0 saturated carbocycles. The van der Waals surface area contributed by atoms with Gasteiger partial charge in [-0.3, -0.25) is 39.6 Å². The standard InChI is InChI=1S/4C25H17N3/c1-2-6-20-15(4-1)10-18-12-19-11-16-7-9-26-22-13-17-5-3-8-27-25(17)28(24(16)22)23(19)14-21(18)20;1-2-6-20-15(4-1)10-18-12-19-13-22-24-16(7-9-26-22)11-17-5-3-8-27-25(17)28(24)23(19)14-21(18)20;1-2-6-21-15(4-1)8-17-10-18-11-20-14-26-13-19-9-16-5-3-7-27-25(16)28(24(19)20)23(18)12-22(17)21;1-2-4-20-15(3-1)9-18-11-19-12-22-25-17(6-8-27-22)10-16-5-7-26-14-24(16)28(25)23(19)13-21(18)20/h2*1-9,12,14H,10-11,13H2;1-7,10,12-14H,8-9,11H2;1-8,11,13-14H,9-10,12H2. The highest BCUT2D eigenvalue weighted by Crippen LogP contribution is 2.58. The van der Waals surface area contributed by atoms with Gasteiger partial charge >= 0.3 is 0 Å². The lowest BCUT2D eigenvalue weighted by atomic mass is 9.88. The molecule has 16 aromatic rings. The van der Waals surface area contributed by atoms with Crippen LogP contribution in [0.3, 0.4) is 0 Å². The van der Waals surface area contributed by atoms with Crippen LogP contribution in [0.1, 0.15) is 134 Å². The zero-order valence-corrected chi connectivity index (χ0v) is 61.3. The van der Waals surface area contributed by atoms with Crippen LogP contribution < -0.4 is 19.6 Å². The SMILES string of the molecule is c1ccc2c(c1)Cc1cc3c(cc1-2)N1c2cnccc2Cc2ccnc(c21)C3.c1ccc2c(c1)Cc1cc3c(cc1-2)N1c2ncccc2Cc2ccnc(c21)C3.c1ccc2c(c1)Cc1cc3c(cc1-2)N1c2ncccc2Cc2cncc(c21)C3.c1ccc2c(c1)Cc1cc3c(cc1-2)N1c2ncccc2Cc2nccc(c21)C3. The van der Waals surface area contributed by atoms with Gasteiger partial charge in [-0.2, -0.15) is 0 Å². The molecule has 0 radical (unpaired) electrons. The summed E-state index contributed by atoms with van der Waals surface area (Å²) in [5.41, 5.74) is 54.5. The van der Waals surface area contributed by atoms with Crippen molar-refractivity contribution >= 4 is 68.6 Å². The Bertz CT molecular complexity index is 6040. The van der Waals surface area contributed by atoms with Gasteiger partial charge in [0, 0.05) is 113 Å². The summed E-state index contributed by atoms with van der Waals surface area (Å²) in [6.45, 7) is 0. The molecule has 12 nitrogen and oxygen atoms in total. The number of hydrogen-bond donors (Lipinski definition) is 0. The number of benzene rings is 8. The molecule has 112 heavy (non-hydrogen) atoms. The number of fused-ring (bicyclic) bond motifs is 28. The number of pyridine rings is 8. The smallest absolute Gasteiger partial charge is 0.141 e. The van der Waals surface area contributed by atoms with Gasteiger partial charge in [0.05, 0.1) is 74.5 Å². The molecule has 8 aliphatic heterocycles. The van der Waals surface area contributed by atoms with Gasteiger partial charge in [0.1, 0.15) is 17.5 Å². The van der Waals surface area contributed by atoms with E-state index in [4.69, 9.17) is 29.9 Å². The molecule has 16 heterocycles. The first-order valence-corrected chi connectivity index (χ1v) is 39.2. The fourth-order valence-corrected chi connectivity index (χ4v) is 20.7. The van der Waals surface area contributed by atoms with Crippen molar-refractivity contribution in [1.29, 1.82) is 0 Å². The highest BCUT2D eigenvalue weighted by atomic mass is 15.2. The van der Waals surface area contributed by atoms with Crippen LogP contribution in [0.25, 0.3) is 44.5 Å². The van der Waals surface area contributed by atoms with E-state index in [1.54, 1.807) is 0 Å². The summed E-state index contributed by atoms with van der Waals surface area (Å²) in [7, 11) is 0. The maximum Gasteiger partial charge on any atom is 0.141 e. The Labute approximate surface area is 647 Å². The number of rotatable bonds is 0. The Balaban J connectivity index is 0.0000000847. The lowest BCUT2D eigenvalue weighted by Gasteiger charge is -2.38. The molecule has 0 bridgehead atoms. The zero-order chi connectivity index (χ0) is 73.0. The summed E-state index contributed by atoms with van der Waals surface area (Å²) in [5.74, 6) is 3.17. The van der Waals surface area contributed by atoms with Gasteiger partial charge in [0.25, 0.3) is 0 Å². The average molecular weight is 1440 g/mol. The Morgan fingerprint density at radius 2 is 0.491 bits per heavy atom. The lowest BCUT2D eigenvalue weighted by Crippen LogP contribution is -2.26. The molecule has 0 fully saturated rings. The fraction of sp³-hybridized carbons (Fsp3) is 0.120. The molecular formula is C100H68N12. The van der Waals surface area contributed by atoms with Crippen LogP contribution in [-0.2, 0) is 77.0 Å². The molecule has 0 unspecified atom stereocenters. The van der Waals surface area contributed by atoms with E-state index in [-0.39, 0.29) is 0 Å². The Kier molecular flexibility index (Phi) is 13.2. The number of anilines is 12. The minimum absolute atomic E-state index is 0.853. The van der Waals surface area contributed by atoms with Crippen LogP contribution in [0.5, 0.6) is 0 Å². The first-order valence-electron chi connectivity index (χ1n) is 39.2. The third kappa shape index (κ3) is 9.29. The van der Waals surface area contributed by atoms with E-state index in [9.17, 15) is 0 Å². The Morgan fingerprint density at radius 1 is 0.179 bits per heavy atom. The van der Waals surface area contributed by atoms with Gasteiger partial charge in [0.2, 0.25) is 0 Å². The van der Waals surface area contributed by atoms with Gasteiger partial charge in [0.15, 0.2) is 0 Å². The molecule has 12 heteroatoms. The first-order chi connectivity index (χ1) is 55.5. The normalized spacial score (nSPS) is 14.6. The van der Waals surface area contributed by atoms with Crippen LogP contribution >= 0.6 is 0 Å². The van der Waals surface area contributed by atoms with Crippen LogP contribution in [0.15, 0.2) is 268 Å². The summed E-state index contributed by atoms with van der Waals surface area (Å²) in [5, 5.41) is 0. The number of aromatic nitrogens is 8. The van der Waals surface area contributed by atoms with Crippen LogP contribution in [0, 0.1) is 0 Å². The minimum atomic E-state index is 0.853. The minimum Gasteiger partial charge on any atom is -0.306 e. The Hall–Kier alpha value is -13.8. The predicted octanol–water partition coefficient (Wildman–Crippen LogP) is 21.3. The van der Waals surface area contributed by atoms with Crippen molar-refractivity contribution in [3.8, 4) is 44.5 Å². The molecule has 0 spiro atoms. The molecule has 8 aromatic carbocycles. The summed E-state index contributed by atoms with van der Waals surface area (Å²) in [6, 6.07) is 75.7.